The number of methoxy groups -OCH3 is 1. The predicted octanol–water partition coefficient (Wildman–Crippen LogP) is 1.98. The molecule has 0 aliphatic carbocycles. The molecule has 3 nitrogen and oxygen atoms in total. The minimum Gasteiger partial charge on any atom is -0.496 e. The molecule has 2 rings (SSSR count). The zero-order valence-corrected chi connectivity index (χ0v) is 7.99. The average Bonchev–Trinajstić information content (AvgIpc) is 2.60. The fraction of sp³-hybridized carbons (Fsp3) is 0.273. The second-order valence-electron chi connectivity index (χ2n) is 3.06. The van der Waals surface area contributed by atoms with E-state index in [1.165, 1.54) is 0 Å². The molecule has 3 heteroatoms. The minimum absolute atomic E-state index is 0.0993. The molecule has 0 spiro atoms. The summed E-state index contributed by atoms with van der Waals surface area (Å²) < 4.78 is 10.7. The van der Waals surface area contributed by atoms with Crippen molar-refractivity contribution < 1.29 is 14.3 Å². The molecule has 0 atom stereocenters. The van der Waals surface area contributed by atoms with E-state index in [2.05, 4.69) is 0 Å². The van der Waals surface area contributed by atoms with Crippen molar-refractivity contribution in [1.29, 1.82) is 0 Å². The first kappa shape index (κ1) is 9.09. The summed E-state index contributed by atoms with van der Waals surface area (Å²) in [5, 5.41) is 9.74. The summed E-state index contributed by atoms with van der Waals surface area (Å²) in [7, 11) is 1.63. The average molecular weight is 192 g/mol. The van der Waals surface area contributed by atoms with Crippen molar-refractivity contribution in [3.63, 3.8) is 0 Å². The SMILES string of the molecule is COc1cccc2oc(CCO)cc12. The lowest BCUT2D eigenvalue weighted by atomic mass is 10.2. The van der Waals surface area contributed by atoms with Crippen molar-refractivity contribution in [2.24, 2.45) is 0 Å². The van der Waals surface area contributed by atoms with Crippen molar-refractivity contribution in [3.05, 3.63) is 30.0 Å². The topological polar surface area (TPSA) is 42.6 Å². The van der Waals surface area contributed by atoms with E-state index in [0.29, 0.717) is 6.42 Å². The lowest BCUT2D eigenvalue weighted by molar-refractivity contribution is 0.289. The molecule has 0 aliphatic rings. The number of hydrogen-bond acceptors (Lipinski definition) is 3. The number of furan rings is 1. The van der Waals surface area contributed by atoms with Crippen LogP contribution in [-0.2, 0) is 6.42 Å². The van der Waals surface area contributed by atoms with Crippen LogP contribution in [0.1, 0.15) is 5.76 Å². The third kappa shape index (κ3) is 1.46. The Labute approximate surface area is 81.9 Å². The molecule has 14 heavy (non-hydrogen) atoms. The molecule has 0 saturated heterocycles. The van der Waals surface area contributed by atoms with E-state index in [9.17, 15) is 0 Å². The Kier molecular flexibility index (Phi) is 2.41. The molecule has 0 unspecified atom stereocenters. The summed E-state index contributed by atoms with van der Waals surface area (Å²) in [5.41, 5.74) is 0.799. The second-order valence-corrected chi connectivity index (χ2v) is 3.06. The Morgan fingerprint density at radius 2 is 2.29 bits per heavy atom. The molecule has 0 radical (unpaired) electrons. The molecule has 1 aromatic carbocycles. The smallest absolute Gasteiger partial charge is 0.138 e. The summed E-state index contributed by atoms with van der Waals surface area (Å²) in [4.78, 5) is 0. The van der Waals surface area contributed by atoms with E-state index in [1.807, 2.05) is 24.3 Å². The molecule has 0 saturated carbocycles. The Hall–Kier alpha value is -1.48. The monoisotopic (exact) mass is 192 g/mol. The lowest BCUT2D eigenvalue weighted by Crippen LogP contribution is -1.86. The summed E-state index contributed by atoms with van der Waals surface area (Å²) in [5.74, 6) is 1.59. The van der Waals surface area contributed by atoms with Crippen LogP contribution in [0.15, 0.2) is 28.7 Å². The van der Waals surface area contributed by atoms with E-state index >= 15 is 0 Å². The third-order valence-corrected chi connectivity index (χ3v) is 2.15. The molecule has 0 fully saturated rings. The minimum atomic E-state index is 0.0993. The zero-order valence-electron chi connectivity index (χ0n) is 7.99. The van der Waals surface area contributed by atoms with Gasteiger partial charge in [-0.25, -0.2) is 0 Å². The normalized spacial score (nSPS) is 10.7. The van der Waals surface area contributed by atoms with Crippen LogP contribution in [0.5, 0.6) is 5.75 Å². The third-order valence-electron chi connectivity index (χ3n) is 2.15. The van der Waals surface area contributed by atoms with E-state index in [-0.39, 0.29) is 6.61 Å². The summed E-state index contributed by atoms with van der Waals surface area (Å²) in [6.45, 7) is 0.0993. The Morgan fingerprint density at radius 1 is 1.43 bits per heavy atom. The Bertz CT molecular complexity index is 431. The molecule has 0 amide bonds. The number of aliphatic hydroxyl groups excluding tert-OH is 1. The second kappa shape index (κ2) is 3.72. The molecular weight excluding hydrogens is 180 g/mol. The highest BCUT2D eigenvalue weighted by Gasteiger charge is 2.07. The number of hydrogen-bond donors (Lipinski definition) is 1. The standard InChI is InChI=1S/C11H12O3/c1-13-10-3-2-4-11-9(10)7-8(14-11)5-6-12/h2-4,7,12H,5-6H2,1H3. The highest BCUT2D eigenvalue weighted by Crippen LogP contribution is 2.28. The van der Waals surface area contributed by atoms with Gasteiger partial charge in [-0.05, 0) is 18.2 Å². The van der Waals surface area contributed by atoms with E-state index in [0.717, 1.165) is 22.5 Å². The highest BCUT2D eigenvalue weighted by molar-refractivity contribution is 5.84. The summed E-state index contributed by atoms with van der Waals surface area (Å²) >= 11 is 0. The maximum Gasteiger partial charge on any atom is 0.138 e. The molecular formula is C11H12O3. The van der Waals surface area contributed by atoms with Gasteiger partial charge in [0, 0.05) is 6.42 Å². The fourth-order valence-electron chi connectivity index (χ4n) is 1.50. The van der Waals surface area contributed by atoms with Gasteiger partial charge in [0.05, 0.1) is 19.1 Å². The quantitative estimate of drug-likeness (QED) is 0.808. The van der Waals surface area contributed by atoms with E-state index in [1.54, 1.807) is 7.11 Å². The van der Waals surface area contributed by atoms with Gasteiger partial charge in [-0.3, -0.25) is 0 Å². The van der Waals surface area contributed by atoms with Gasteiger partial charge in [-0.1, -0.05) is 6.07 Å². The zero-order chi connectivity index (χ0) is 9.97. The Morgan fingerprint density at radius 3 is 3.00 bits per heavy atom. The van der Waals surface area contributed by atoms with Crippen LogP contribution in [0.25, 0.3) is 11.0 Å². The van der Waals surface area contributed by atoms with Crippen LogP contribution in [0, 0.1) is 0 Å². The van der Waals surface area contributed by atoms with Gasteiger partial charge in [-0.2, -0.15) is 0 Å². The van der Waals surface area contributed by atoms with Gasteiger partial charge >= 0.3 is 0 Å². The number of fused-ring (bicyclic) bond motifs is 1. The molecule has 0 aliphatic heterocycles. The van der Waals surface area contributed by atoms with Crippen LogP contribution in [0.2, 0.25) is 0 Å². The maximum absolute atomic E-state index is 8.78. The number of ether oxygens (including phenoxy) is 1. The van der Waals surface area contributed by atoms with Gasteiger partial charge in [-0.15, -0.1) is 0 Å². The van der Waals surface area contributed by atoms with Crippen LogP contribution in [0.4, 0.5) is 0 Å². The number of rotatable bonds is 3. The van der Waals surface area contributed by atoms with Gasteiger partial charge in [0.2, 0.25) is 0 Å². The van der Waals surface area contributed by atoms with Gasteiger partial charge < -0.3 is 14.3 Å². The molecule has 2 aromatic rings. The van der Waals surface area contributed by atoms with Crippen LogP contribution in [-0.4, -0.2) is 18.8 Å². The van der Waals surface area contributed by atoms with Gasteiger partial charge in [0.15, 0.2) is 0 Å². The summed E-state index contributed by atoms with van der Waals surface area (Å²) in [6.07, 6.45) is 0.540. The fourth-order valence-corrected chi connectivity index (χ4v) is 1.50. The number of aliphatic hydroxyl groups is 1. The van der Waals surface area contributed by atoms with Crippen LogP contribution < -0.4 is 4.74 Å². The first-order valence-electron chi connectivity index (χ1n) is 4.51. The lowest BCUT2D eigenvalue weighted by Gasteiger charge is -1.98. The van der Waals surface area contributed by atoms with Gasteiger partial charge in [0.25, 0.3) is 0 Å². The predicted molar refractivity (Wildman–Crippen MR) is 53.6 cm³/mol. The highest BCUT2D eigenvalue weighted by atomic mass is 16.5. The Balaban J connectivity index is 2.52. The summed E-state index contributed by atoms with van der Waals surface area (Å²) in [6, 6.07) is 7.57. The van der Waals surface area contributed by atoms with Crippen molar-refractivity contribution in [2.45, 2.75) is 6.42 Å². The molecule has 1 heterocycles. The van der Waals surface area contributed by atoms with Crippen molar-refractivity contribution in [3.8, 4) is 5.75 Å². The van der Waals surface area contributed by atoms with Crippen molar-refractivity contribution in [1.82, 2.24) is 0 Å². The van der Waals surface area contributed by atoms with Crippen molar-refractivity contribution >= 4 is 11.0 Å². The number of benzene rings is 1. The van der Waals surface area contributed by atoms with Crippen LogP contribution >= 0.6 is 0 Å². The maximum atomic E-state index is 8.78. The first-order chi connectivity index (χ1) is 6.85. The van der Waals surface area contributed by atoms with E-state index < -0.39 is 0 Å². The van der Waals surface area contributed by atoms with E-state index in [4.69, 9.17) is 14.3 Å². The molecule has 1 aromatic heterocycles. The molecule has 74 valence electrons. The van der Waals surface area contributed by atoms with Crippen molar-refractivity contribution in [2.75, 3.05) is 13.7 Å². The first-order valence-corrected chi connectivity index (χ1v) is 4.51. The van der Waals surface area contributed by atoms with Gasteiger partial charge in [0.1, 0.15) is 17.1 Å². The molecule has 1 N–H and O–H groups in total. The van der Waals surface area contributed by atoms with Crippen LogP contribution in [0.3, 0.4) is 0 Å². The molecule has 0 bridgehead atoms. The largest absolute Gasteiger partial charge is 0.496 e.